The summed E-state index contributed by atoms with van der Waals surface area (Å²) in [6, 6.07) is 9.29. The molecule has 1 aliphatic carbocycles. The maximum absolute atomic E-state index is 12.2. The van der Waals surface area contributed by atoms with E-state index in [2.05, 4.69) is 15.8 Å². The molecule has 5 N–H and O–H groups in total. The average molecular weight is 459 g/mol. The van der Waals surface area contributed by atoms with Crippen molar-refractivity contribution in [3.8, 4) is 0 Å². The number of hydrogen-bond acceptors (Lipinski definition) is 7. The lowest BCUT2D eigenvalue weighted by molar-refractivity contribution is -0.136. The number of carbonyl (C=O) groups excluding carboxylic acids is 1. The predicted octanol–water partition coefficient (Wildman–Crippen LogP) is 2.97. The van der Waals surface area contributed by atoms with Crippen LogP contribution in [0, 0.1) is 5.92 Å². The molecule has 172 valence electrons. The molecule has 0 radical (unpaired) electrons. The van der Waals surface area contributed by atoms with Gasteiger partial charge in [0.2, 0.25) is 0 Å². The molecule has 9 heteroatoms. The summed E-state index contributed by atoms with van der Waals surface area (Å²) < 4.78 is 0. The van der Waals surface area contributed by atoms with E-state index >= 15 is 0 Å². The van der Waals surface area contributed by atoms with E-state index in [1.54, 1.807) is 6.07 Å². The van der Waals surface area contributed by atoms with E-state index in [9.17, 15) is 9.59 Å². The van der Waals surface area contributed by atoms with Crippen molar-refractivity contribution >= 4 is 34.6 Å². The zero-order valence-electron chi connectivity index (χ0n) is 18.0. The van der Waals surface area contributed by atoms with Crippen LogP contribution in [0.25, 0.3) is 0 Å². The van der Waals surface area contributed by atoms with Crippen LogP contribution in [0.2, 0.25) is 0 Å². The van der Waals surface area contributed by atoms with Crippen LogP contribution in [0.4, 0.5) is 5.69 Å². The molecule has 1 aromatic heterocycles. The summed E-state index contributed by atoms with van der Waals surface area (Å²) in [7, 11) is 0. The van der Waals surface area contributed by atoms with E-state index in [1.165, 1.54) is 43.4 Å². The van der Waals surface area contributed by atoms with E-state index in [0.29, 0.717) is 30.4 Å². The highest BCUT2D eigenvalue weighted by atomic mass is 32.1. The van der Waals surface area contributed by atoms with Gasteiger partial charge >= 0.3 is 5.97 Å². The second kappa shape index (κ2) is 12.2. The lowest BCUT2D eigenvalue weighted by Gasteiger charge is -2.21. The lowest BCUT2D eigenvalue weighted by atomic mass is 9.89. The Labute approximate surface area is 191 Å². The van der Waals surface area contributed by atoms with E-state index < -0.39 is 5.97 Å². The van der Waals surface area contributed by atoms with E-state index in [-0.39, 0.29) is 19.1 Å². The van der Waals surface area contributed by atoms with E-state index in [1.807, 2.05) is 29.6 Å². The highest BCUT2D eigenvalue weighted by Gasteiger charge is 2.15. The van der Waals surface area contributed by atoms with Gasteiger partial charge in [0, 0.05) is 24.3 Å². The van der Waals surface area contributed by atoms with Crippen molar-refractivity contribution in [1.29, 1.82) is 0 Å². The fourth-order valence-electron chi connectivity index (χ4n) is 3.72. The molecule has 0 unspecified atom stereocenters. The summed E-state index contributed by atoms with van der Waals surface area (Å²) >= 11 is 1.51. The summed E-state index contributed by atoms with van der Waals surface area (Å²) in [6.07, 6.45) is 6.10. The van der Waals surface area contributed by atoms with Gasteiger partial charge in [-0.25, -0.2) is 0 Å². The molecule has 0 bridgehead atoms. The van der Waals surface area contributed by atoms with Gasteiger partial charge < -0.3 is 26.3 Å². The first-order chi connectivity index (χ1) is 15.5. The van der Waals surface area contributed by atoms with Gasteiger partial charge in [-0.3, -0.25) is 9.59 Å². The number of hydrogen-bond donors (Lipinski definition) is 4. The number of anilines is 1. The van der Waals surface area contributed by atoms with Gasteiger partial charge in [-0.15, -0.1) is 11.3 Å². The van der Waals surface area contributed by atoms with E-state index in [4.69, 9.17) is 15.7 Å². The Kier molecular flexibility index (Phi) is 9.06. The predicted molar refractivity (Wildman–Crippen MR) is 126 cm³/mol. The molecule has 1 aliphatic rings. The Bertz CT molecular complexity index is 924. The summed E-state index contributed by atoms with van der Waals surface area (Å²) in [5.74, 6) is -0.558. The standard InChI is InChI=1S/C23H30N4O4S/c24-19-9-8-17(11-18(19)13-25-14-22(29)30)23(20-7-4-10-32-20)27-31-15-21(28)26-12-16-5-2-1-3-6-16/h4,7-11,16,25H,1-3,5-6,12-15,24H2,(H,26,28)(H,29,30)/b27-23-. The number of carboxylic acid groups (broad SMARTS) is 1. The minimum absolute atomic E-state index is 0.149. The second-order valence-corrected chi connectivity index (χ2v) is 8.86. The first kappa shape index (κ1) is 23.7. The number of aliphatic carboxylic acids is 1. The van der Waals surface area contributed by atoms with Crippen LogP contribution >= 0.6 is 11.3 Å². The largest absolute Gasteiger partial charge is 0.480 e. The van der Waals surface area contributed by atoms with Gasteiger partial charge in [0.15, 0.2) is 6.61 Å². The summed E-state index contributed by atoms with van der Waals surface area (Å²) in [4.78, 5) is 29.2. The maximum Gasteiger partial charge on any atom is 0.317 e. The summed E-state index contributed by atoms with van der Waals surface area (Å²) in [5.41, 5.74) is 8.74. The Morgan fingerprint density at radius 3 is 2.75 bits per heavy atom. The molecule has 1 heterocycles. The normalized spacial score (nSPS) is 14.8. The minimum atomic E-state index is -0.935. The van der Waals surface area contributed by atoms with Gasteiger partial charge in [0.05, 0.1) is 11.4 Å². The highest BCUT2D eigenvalue weighted by molar-refractivity contribution is 7.12. The summed E-state index contributed by atoms with van der Waals surface area (Å²) in [6.45, 7) is 0.695. The number of amides is 1. The number of nitrogens with zero attached hydrogens (tertiary/aromatic N) is 1. The zero-order chi connectivity index (χ0) is 22.8. The monoisotopic (exact) mass is 458 g/mol. The van der Waals surface area contributed by atoms with Crippen molar-refractivity contribution in [3.63, 3.8) is 0 Å². The van der Waals surface area contributed by atoms with Gasteiger partial charge in [-0.05, 0) is 47.9 Å². The molecule has 0 saturated heterocycles. The zero-order valence-corrected chi connectivity index (χ0v) is 18.8. The smallest absolute Gasteiger partial charge is 0.317 e. The molecule has 2 aromatic rings. The molecule has 1 saturated carbocycles. The van der Waals surface area contributed by atoms with Crippen LogP contribution < -0.4 is 16.4 Å². The number of nitrogens with one attached hydrogen (secondary N) is 2. The van der Waals surface area contributed by atoms with E-state index in [0.717, 1.165) is 16.0 Å². The van der Waals surface area contributed by atoms with Crippen LogP contribution in [-0.4, -0.2) is 42.4 Å². The molecule has 32 heavy (non-hydrogen) atoms. The molecule has 1 fully saturated rings. The van der Waals surface area contributed by atoms with Gasteiger partial charge in [0.25, 0.3) is 5.91 Å². The lowest BCUT2D eigenvalue weighted by Crippen LogP contribution is -2.32. The van der Waals surface area contributed by atoms with Gasteiger partial charge in [0.1, 0.15) is 5.71 Å². The third kappa shape index (κ3) is 7.35. The Morgan fingerprint density at radius 1 is 1.22 bits per heavy atom. The number of oxime groups is 1. The number of carboxylic acids is 1. The van der Waals surface area contributed by atoms with Crippen LogP contribution in [0.5, 0.6) is 0 Å². The van der Waals surface area contributed by atoms with Crippen LogP contribution in [0.15, 0.2) is 40.9 Å². The molecule has 8 nitrogen and oxygen atoms in total. The van der Waals surface area contributed by atoms with Gasteiger partial charge in [-0.1, -0.05) is 36.6 Å². The fourth-order valence-corrected chi connectivity index (χ4v) is 4.45. The fraction of sp³-hybridized carbons (Fsp3) is 0.435. The van der Waals surface area contributed by atoms with Crippen molar-refractivity contribution in [2.75, 3.05) is 25.4 Å². The second-order valence-electron chi connectivity index (χ2n) is 7.91. The van der Waals surface area contributed by atoms with Crippen LogP contribution in [-0.2, 0) is 21.0 Å². The Hall–Kier alpha value is -2.91. The molecule has 1 amide bonds. The number of thiophene rings is 1. The van der Waals surface area contributed by atoms with Crippen molar-refractivity contribution in [3.05, 3.63) is 51.7 Å². The Balaban J connectivity index is 1.64. The van der Waals surface area contributed by atoms with Crippen LogP contribution in [0.1, 0.15) is 48.1 Å². The number of rotatable bonds is 11. The third-order valence-corrected chi connectivity index (χ3v) is 6.30. The molecule has 0 spiro atoms. The minimum Gasteiger partial charge on any atom is -0.480 e. The van der Waals surface area contributed by atoms with Crippen molar-refractivity contribution in [2.45, 2.75) is 38.6 Å². The quantitative estimate of drug-likeness (QED) is 0.233. The van der Waals surface area contributed by atoms with Crippen molar-refractivity contribution in [1.82, 2.24) is 10.6 Å². The van der Waals surface area contributed by atoms with Crippen LogP contribution in [0.3, 0.4) is 0 Å². The number of carbonyl (C=O) groups is 2. The Morgan fingerprint density at radius 2 is 2.03 bits per heavy atom. The molecular formula is C23H30N4O4S. The van der Waals surface area contributed by atoms with Crippen molar-refractivity contribution in [2.24, 2.45) is 11.1 Å². The first-order valence-corrected chi connectivity index (χ1v) is 11.7. The average Bonchev–Trinajstić information content (AvgIpc) is 3.32. The first-order valence-electron chi connectivity index (χ1n) is 10.8. The molecule has 0 aliphatic heterocycles. The number of nitrogens with two attached hydrogens (primary N) is 1. The molecule has 0 atom stereocenters. The maximum atomic E-state index is 12.2. The number of benzene rings is 1. The van der Waals surface area contributed by atoms with Gasteiger partial charge in [-0.2, -0.15) is 0 Å². The summed E-state index contributed by atoms with van der Waals surface area (Å²) in [5, 5.41) is 20.8. The SMILES string of the molecule is Nc1ccc(/C(=N/OCC(=O)NCC2CCCCC2)c2cccs2)cc1CNCC(=O)O. The molecule has 1 aromatic carbocycles. The highest BCUT2D eigenvalue weighted by Crippen LogP contribution is 2.23. The van der Waals surface area contributed by atoms with Crippen molar-refractivity contribution < 1.29 is 19.5 Å². The molecular weight excluding hydrogens is 428 g/mol. The number of nitrogen functional groups attached to an aromatic ring is 1. The molecule has 3 rings (SSSR count). The third-order valence-electron chi connectivity index (χ3n) is 5.43. The topological polar surface area (TPSA) is 126 Å².